The van der Waals surface area contributed by atoms with Crippen molar-refractivity contribution in [2.24, 2.45) is 0 Å². The second kappa shape index (κ2) is 7.85. The summed E-state index contributed by atoms with van der Waals surface area (Å²) in [7, 11) is 0. The number of nitrogens with one attached hydrogen (secondary N) is 2. The molecule has 1 aromatic carbocycles. The minimum absolute atomic E-state index is 0.0502. The largest absolute Gasteiger partial charge is 0.364 e. The van der Waals surface area contributed by atoms with E-state index in [0.29, 0.717) is 0 Å². The summed E-state index contributed by atoms with van der Waals surface area (Å²) in [6, 6.07) is 9.33. The average molecular weight is 360 g/mol. The van der Waals surface area contributed by atoms with Gasteiger partial charge in [-0.05, 0) is 44.0 Å². The number of carbonyl (C=O) groups is 1. The van der Waals surface area contributed by atoms with E-state index in [1.54, 1.807) is 6.92 Å². The molecule has 5 nitrogen and oxygen atoms in total. The predicted molar refractivity (Wildman–Crippen MR) is 99.0 cm³/mol. The van der Waals surface area contributed by atoms with Crippen LogP contribution in [-0.2, 0) is 6.54 Å². The molecular weight excluding hydrogens is 338 g/mol. The molecule has 2 N–H and O–H groups in total. The fourth-order valence-corrected chi connectivity index (χ4v) is 3.30. The van der Waals surface area contributed by atoms with Crippen LogP contribution in [0.3, 0.4) is 0 Å². The molecule has 1 aliphatic heterocycles. The van der Waals surface area contributed by atoms with E-state index in [1.165, 1.54) is 17.8 Å². The Labute approximate surface area is 152 Å². The summed E-state index contributed by atoms with van der Waals surface area (Å²) in [5.41, 5.74) is 1.86. The zero-order valence-corrected chi connectivity index (χ0v) is 15.0. The van der Waals surface area contributed by atoms with Crippen LogP contribution in [0.25, 0.3) is 0 Å². The molecule has 0 spiro atoms. The number of hydrogen-bond donors (Lipinski definition) is 2. The lowest BCUT2D eigenvalue weighted by molar-refractivity contribution is 0.0899. The molecule has 1 amide bonds. The zero-order chi connectivity index (χ0) is 17.8. The molecule has 1 aromatic heterocycles. The number of hydrogen-bond acceptors (Lipinski definition) is 3. The third-order valence-electron chi connectivity index (χ3n) is 4.46. The van der Waals surface area contributed by atoms with Gasteiger partial charge in [0, 0.05) is 42.1 Å². The Bertz CT molecular complexity index is 801. The minimum Gasteiger partial charge on any atom is -0.364 e. The van der Waals surface area contributed by atoms with Crippen molar-refractivity contribution >= 4 is 17.5 Å². The molecule has 0 unspecified atom stereocenters. The molecule has 3 rings (SSSR count). The van der Waals surface area contributed by atoms with E-state index in [2.05, 4.69) is 15.2 Å². The molecule has 132 valence electrons. The van der Waals surface area contributed by atoms with E-state index < -0.39 is 0 Å². The highest BCUT2D eigenvalue weighted by Crippen LogP contribution is 2.16. The Kier molecular flexibility index (Phi) is 5.56. The number of halogens is 1. The van der Waals surface area contributed by atoms with Crippen molar-refractivity contribution < 1.29 is 4.79 Å². The van der Waals surface area contributed by atoms with Gasteiger partial charge < -0.3 is 10.3 Å². The SMILES string of the molecule is Cc1cc(=O)c(C(=O)N[C@@H]2CCCN(Cc3ccc(Cl)cc3)C2)c[nH]1. The number of pyridine rings is 1. The summed E-state index contributed by atoms with van der Waals surface area (Å²) in [5.74, 6) is -0.306. The number of H-pyrrole nitrogens is 1. The molecule has 1 saturated heterocycles. The third-order valence-corrected chi connectivity index (χ3v) is 4.71. The molecule has 0 aliphatic carbocycles. The van der Waals surface area contributed by atoms with E-state index in [4.69, 9.17) is 11.6 Å². The summed E-state index contributed by atoms with van der Waals surface area (Å²) in [6.45, 7) is 4.39. The van der Waals surface area contributed by atoms with Crippen molar-refractivity contribution in [3.63, 3.8) is 0 Å². The lowest BCUT2D eigenvalue weighted by atomic mass is 10.0. The maximum atomic E-state index is 12.4. The number of aryl methyl sites for hydroxylation is 1. The Balaban J connectivity index is 1.60. The summed E-state index contributed by atoms with van der Waals surface area (Å²) < 4.78 is 0. The number of carbonyl (C=O) groups excluding carboxylic acids is 1. The van der Waals surface area contributed by atoms with E-state index >= 15 is 0 Å². The Hall–Kier alpha value is -2.11. The fourth-order valence-electron chi connectivity index (χ4n) is 3.18. The Morgan fingerprint density at radius 3 is 2.84 bits per heavy atom. The highest BCUT2D eigenvalue weighted by molar-refractivity contribution is 6.30. The van der Waals surface area contributed by atoms with Gasteiger partial charge in [-0.25, -0.2) is 0 Å². The van der Waals surface area contributed by atoms with Gasteiger partial charge in [0.1, 0.15) is 5.56 Å². The van der Waals surface area contributed by atoms with E-state index in [9.17, 15) is 9.59 Å². The highest BCUT2D eigenvalue weighted by atomic mass is 35.5. The van der Waals surface area contributed by atoms with Gasteiger partial charge in [0.2, 0.25) is 0 Å². The van der Waals surface area contributed by atoms with Crippen LogP contribution in [-0.4, -0.2) is 34.9 Å². The molecule has 0 saturated carbocycles. The maximum Gasteiger partial charge on any atom is 0.257 e. The highest BCUT2D eigenvalue weighted by Gasteiger charge is 2.22. The number of aromatic amines is 1. The van der Waals surface area contributed by atoms with Crippen LogP contribution in [0.5, 0.6) is 0 Å². The van der Waals surface area contributed by atoms with Gasteiger partial charge in [-0.1, -0.05) is 23.7 Å². The van der Waals surface area contributed by atoms with Crippen LogP contribution in [0.1, 0.15) is 34.5 Å². The van der Waals surface area contributed by atoms with E-state index in [-0.39, 0.29) is 22.9 Å². The molecule has 2 aromatic rings. The normalized spacial score (nSPS) is 18.1. The number of piperidine rings is 1. The smallest absolute Gasteiger partial charge is 0.257 e. The molecule has 2 heterocycles. The van der Waals surface area contributed by atoms with E-state index in [1.807, 2.05) is 24.3 Å². The van der Waals surface area contributed by atoms with Gasteiger partial charge in [0.25, 0.3) is 5.91 Å². The number of likely N-dealkylation sites (tertiary alicyclic amines) is 1. The number of nitrogens with zero attached hydrogens (tertiary/aromatic N) is 1. The Morgan fingerprint density at radius 1 is 1.36 bits per heavy atom. The number of benzene rings is 1. The maximum absolute atomic E-state index is 12.4. The molecule has 0 bridgehead atoms. The monoisotopic (exact) mass is 359 g/mol. The van der Waals surface area contributed by atoms with Crippen LogP contribution < -0.4 is 10.7 Å². The second-order valence-electron chi connectivity index (χ2n) is 6.57. The van der Waals surface area contributed by atoms with E-state index in [0.717, 1.165) is 43.2 Å². The van der Waals surface area contributed by atoms with Gasteiger partial charge in [-0.15, -0.1) is 0 Å². The Morgan fingerprint density at radius 2 is 2.12 bits per heavy atom. The van der Waals surface area contributed by atoms with Gasteiger partial charge in [-0.3, -0.25) is 14.5 Å². The first-order chi connectivity index (χ1) is 12.0. The lowest BCUT2D eigenvalue weighted by Crippen LogP contribution is -2.48. The summed E-state index contributed by atoms with van der Waals surface area (Å²) >= 11 is 5.93. The topological polar surface area (TPSA) is 65.2 Å². The van der Waals surface area contributed by atoms with Crippen molar-refractivity contribution in [2.75, 3.05) is 13.1 Å². The molecular formula is C19H22ClN3O2. The molecule has 25 heavy (non-hydrogen) atoms. The number of aromatic nitrogens is 1. The lowest BCUT2D eigenvalue weighted by Gasteiger charge is -2.33. The number of rotatable bonds is 4. The van der Waals surface area contributed by atoms with Crippen molar-refractivity contribution in [3.05, 3.63) is 68.6 Å². The van der Waals surface area contributed by atoms with Gasteiger partial charge >= 0.3 is 0 Å². The first-order valence-corrected chi connectivity index (χ1v) is 8.86. The van der Waals surface area contributed by atoms with Crippen LogP contribution in [0.4, 0.5) is 0 Å². The van der Waals surface area contributed by atoms with Crippen molar-refractivity contribution in [1.29, 1.82) is 0 Å². The summed E-state index contributed by atoms with van der Waals surface area (Å²) in [5, 5.41) is 3.73. The van der Waals surface area contributed by atoms with Crippen molar-refractivity contribution in [1.82, 2.24) is 15.2 Å². The molecule has 1 aliphatic rings. The quantitative estimate of drug-likeness (QED) is 0.882. The third kappa shape index (κ3) is 4.71. The first kappa shape index (κ1) is 17.7. The molecule has 0 radical (unpaired) electrons. The first-order valence-electron chi connectivity index (χ1n) is 8.48. The van der Waals surface area contributed by atoms with Crippen LogP contribution >= 0.6 is 11.6 Å². The van der Waals surface area contributed by atoms with Gasteiger partial charge in [0.05, 0.1) is 0 Å². The number of amides is 1. The molecule has 1 atom stereocenters. The van der Waals surface area contributed by atoms with Crippen LogP contribution in [0.2, 0.25) is 5.02 Å². The van der Waals surface area contributed by atoms with Crippen LogP contribution in [0, 0.1) is 6.92 Å². The van der Waals surface area contributed by atoms with Gasteiger partial charge in [-0.2, -0.15) is 0 Å². The summed E-state index contributed by atoms with van der Waals surface area (Å²) in [4.78, 5) is 29.6. The molecule has 6 heteroatoms. The minimum atomic E-state index is -0.306. The molecule has 1 fully saturated rings. The standard InChI is InChI=1S/C19H22ClN3O2/c1-13-9-18(24)17(10-21-13)19(25)22-16-3-2-8-23(12-16)11-14-4-6-15(20)7-5-14/h4-7,9-10,16H,2-3,8,11-12H2,1H3,(H,21,24)(H,22,25)/t16-/m1/s1. The van der Waals surface area contributed by atoms with Crippen LogP contribution in [0.15, 0.2) is 41.3 Å². The average Bonchev–Trinajstić information content (AvgIpc) is 2.57. The van der Waals surface area contributed by atoms with Crippen molar-refractivity contribution in [3.8, 4) is 0 Å². The fraction of sp³-hybridized carbons (Fsp3) is 0.368. The zero-order valence-electron chi connectivity index (χ0n) is 14.2. The summed E-state index contributed by atoms with van der Waals surface area (Å²) in [6.07, 6.45) is 3.43. The second-order valence-corrected chi connectivity index (χ2v) is 7.00. The van der Waals surface area contributed by atoms with Crippen molar-refractivity contribution in [2.45, 2.75) is 32.4 Å². The predicted octanol–water partition coefficient (Wildman–Crippen LogP) is 2.73. The van der Waals surface area contributed by atoms with Gasteiger partial charge in [0.15, 0.2) is 5.43 Å².